The average Bonchev–Trinajstić information content (AvgIpc) is 2.72. The first-order valence-electron chi connectivity index (χ1n) is 10.4. The van der Waals surface area contributed by atoms with Crippen LogP contribution in [-0.4, -0.2) is 40.9 Å². The first-order valence-corrected chi connectivity index (χ1v) is 11.4. The molecule has 6 nitrogen and oxygen atoms in total. The molecular weight excluding hydrogens is 434 g/mol. The summed E-state index contributed by atoms with van der Waals surface area (Å²) in [5, 5.41) is 6.71. The molecule has 2 rings (SSSR count). The normalized spacial score (nSPS) is 17.0. The second kappa shape index (κ2) is 10.5. The molecule has 1 atom stereocenters. The van der Waals surface area contributed by atoms with Gasteiger partial charge in [-0.2, -0.15) is 0 Å². The molecule has 170 valence electrons. The number of benzene rings is 1. The first kappa shape index (κ1) is 25.1. The highest BCUT2D eigenvalue weighted by Crippen LogP contribution is 2.32. The number of anilines is 1. The Morgan fingerprint density at radius 2 is 1.90 bits per heavy atom. The van der Waals surface area contributed by atoms with Crippen molar-refractivity contribution < 1.29 is 14.3 Å². The van der Waals surface area contributed by atoms with Crippen LogP contribution in [-0.2, 0) is 14.3 Å². The number of rotatable bonds is 8. The number of ether oxygens (including phenoxy) is 1. The van der Waals surface area contributed by atoms with Gasteiger partial charge in [-0.05, 0) is 63.5 Å². The maximum Gasteiger partial charge on any atom is 0.338 e. The highest BCUT2D eigenvalue weighted by molar-refractivity contribution is 7.80. The number of thiocarbonyl (C=S) groups is 1. The van der Waals surface area contributed by atoms with Crippen LogP contribution >= 0.6 is 23.8 Å². The van der Waals surface area contributed by atoms with Crippen molar-refractivity contribution in [1.29, 1.82) is 0 Å². The second-order valence-corrected chi connectivity index (χ2v) is 9.37. The summed E-state index contributed by atoms with van der Waals surface area (Å²) in [4.78, 5) is 27.2. The van der Waals surface area contributed by atoms with E-state index in [1.807, 2.05) is 44.7 Å². The summed E-state index contributed by atoms with van der Waals surface area (Å²) in [6.07, 6.45) is 0. The van der Waals surface area contributed by atoms with Crippen LogP contribution in [0, 0.1) is 11.3 Å². The number of nitrogens with one attached hydrogen (secondary N) is 2. The fourth-order valence-corrected chi connectivity index (χ4v) is 3.62. The van der Waals surface area contributed by atoms with Crippen molar-refractivity contribution in [1.82, 2.24) is 10.2 Å². The average molecular weight is 466 g/mol. The zero-order chi connectivity index (χ0) is 23.3. The van der Waals surface area contributed by atoms with Crippen LogP contribution in [0.3, 0.4) is 0 Å². The number of halogens is 1. The van der Waals surface area contributed by atoms with Gasteiger partial charge in [0.25, 0.3) is 0 Å². The fourth-order valence-electron chi connectivity index (χ4n) is 3.12. The molecule has 31 heavy (non-hydrogen) atoms. The predicted octanol–water partition coefficient (Wildman–Crippen LogP) is 4.61. The van der Waals surface area contributed by atoms with E-state index in [4.69, 9.17) is 28.6 Å². The molecule has 0 aromatic heterocycles. The van der Waals surface area contributed by atoms with Gasteiger partial charge in [0.2, 0.25) is 5.91 Å². The van der Waals surface area contributed by atoms with Crippen molar-refractivity contribution >= 4 is 46.5 Å². The molecule has 8 heteroatoms. The Labute approximate surface area is 195 Å². The number of allylic oxidation sites excluding steroid dienone is 1. The molecule has 1 aliphatic rings. The molecule has 1 aromatic rings. The molecule has 1 aliphatic heterocycles. The maximum absolute atomic E-state index is 13.0. The number of hydrogen-bond donors (Lipinski definition) is 2. The van der Waals surface area contributed by atoms with E-state index in [-0.39, 0.29) is 23.7 Å². The number of alkyl halides is 1. The van der Waals surface area contributed by atoms with Crippen LogP contribution in [0.1, 0.15) is 53.1 Å². The summed E-state index contributed by atoms with van der Waals surface area (Å²) >= 11 is 11.4. The van der Waals surface area contributed by atoms with Crippen molar-refractivity contribution in [2.75, 3.05) is 24.3 Å². The lowest BCUT2D eigenvalue weighted by Crippen LogP contribution is -2.47. The molecule has 1 aromatic carbocycles. The van der Waals surface area contributed by atoms with Crippen LogP contribution in [0.15, 0.2) is 35.5 Å². The summed E-state index contributed by atoms with van der Waals surface area (Å²) in [5.41, 5.74) is 2.16. The topological polar surface area (TPSA) is 70.7 Å². The fraction of sp³-hybridized carbons (Fsp3) is 0.522. The third-order valence-electron chi connectivity index (χ3n) is 5.13. The van der Waals surface area contributed by atoms with Crippen molar-refractivity contribution in [3.05, 3.63) is 41.1 Å². The minimum atomic E-state index is -0.672. The van der Waals surface area contributed by atoms with Crippen LogP contribution in [0.4, 0.5) is 5.69 Å². The maximum atomic E-state index is 13.0. The molecule has 1 unspecified atom stereocenters. The van der Waals surface area contributed by atoms with E-state index in [2.05, 4.69) is 10.6 Å². The Morgan fingerprint density at radius 3 is 2.42 bits per heavy atom. The largest absolute Gasteiger partial charge is 0.462 e. The quantitative estimate of drug-likeness (QED) is 0.332. The molecule has 0 saturated carbocycles. The minimum Gasteiger partial charge on any atom is -0.462 e. The van der Waals surface area contributed by atoms with E-state index >= 15 is 0 Å². The standard InChI is InChI=1S/C23H32ClN3O3S/c1-7-27-15(4)18(20(28)30-12-14(2)3)19(26-22(27)31)16-8-10-17(11-9-16)25-21(29)23(5,6)13-24/h8-11,14,19H,7,12-13H2,1-6H3,(H,25,29)(H,26,31). The van der Waals surface area contributed by atoms with E-state index < -0.39 is 11.5 Å². The third kappa shape index (κ3) is 5.98. The SMILES string of the molecule is CCN1C(=S)NC(c2ccc(NC(=O)C(C)(C)CCl)cc2)C(C(=O)OCC(C)C)=C1C. The van der Waals surface area contributed by atoms with Gasteiger partial charge >= 0.3 is 5.97 Å². The molecule has 0 aliphatic carbocycles. The van der Waals surface area contributed by atoms with Gasteiger partial charge in [0.05, 0.1) is 23.6 Å². The van der Waals surface area contributed by atoms with Gasteiger partial charge in [0.15, 0.2) is 5.11 Å². The van der Waals surface area contributed by atoms with Gasteiger partial charge in [0, 0.05) is 23.8 Å². The van der Waals surface area contributed by atoms with Gasteiger partial charge in [-0.1, -0.05) is 26.0 Å². The van der Waals surface area contributed by atoms with E-state index in [9.17, 15) is 9.59 Å². The van der Waals surface area contributed by atoms with E-state index in [1.54, 1.807) is 26.0 Å². The molecule has 2 N–H and O–H groups in total. The van der Waals surface area contributed by atoms with Crippen LogP contribution in [0.2, 0.25) is 0 Å². The Kier molecular flexibility index (Phi) is 8.49. The Balaban J connectivity index is 2.33. The highest BCUT2D eigenvalue weighted by Gasteiger charge is 2.34. The lowest BCUT2D eigenvalue weighted by molar-refractivity contribution is -0.140. The minimum absolute atomic E-state index is 0.153. The molecule has 1 amide bonds. The molecule has 1 heterocycles. The van der Waals surface area contributed by atoms with E-state index in [1.165, 1.54) is 0 Å². The molecular formula is C23H32ClN3O3S. The van der Waals surface area contributed by atoms with E-state index in [0.717, 1.165) is 11.3 Å². The number of amides is 1. The van der Waals surface area contributed by atoms with E-state index in [0.29, 0.717) is 29.5 Å². The lowest BCUT2D eigenvalue weighted by Gasteiger charge is -2.37. The van der Waals surface area contributed by atoms with Gasteiger partial charge in [-0.25, -0.2) is 4.79 Å². The summed E-state index contributed by atoms with van der Waals surface area (Å²) in [6.45, 7) is 12.4. The molecule has 0 saturated heterocycles. The molecule has 0 radical (unpaired) electrons. The van der Waals surface area contributed by atoms with Crippen molar-refractivity contribution in [3.63, 3.8) is 0 Å². The number of esters is 1. The monoisotopic (exact) mass is 465 g/mol. The van der Waals surface area contributed by atoms with Gasteiger partial charge < -0.3 is 20.3 Å². The van der Waals surface area contributed by atoms with Crippen molar-refractivity contribution in [2.24, 2.45) is 11.3 Å². The van der Waals surface area contributed by atoms with Crippen molar-refractivity contribution in [2.45, 2.75) is 47.6 Å². The highest BCUT2D eigenvalue weighted by atomic mass is 35.5. The Morgan fingerprint density at radius 1 is 1.29 bits per heavy atom. The lowest BCUT2D eigenvalue weighted by atomic mass is 9.94. The smallest absolute Gasteiger partial charge is 0.338 e. The van der Waals surface area contributed by atoms with Crippen LogP contribution in [0.5, 0.6) is 0 Å². The molecule has 0 bridgehead atoms. The predicted molar refractivity (Wildman–Crippen MR) is 129 cm³/mol. The summed E-state index contributed by atoms with van der Waals surface area (Å²) in [5.74, 6) is -0.0473. The Bertz CT molecular complexity index is 865. The van der Waals surface area contributed by atoms with Gasteiger partial charge in [0.1, 0.15) is 0 Å². The summed E-state index contributed by atoms with van der Waals surface area (Å²) in [6, 6.07) is 6.92. The zero-order valence-electron chi connectivity index (χ0n) is 19.0. The summed E-state index contributed by atoms with van der Waals surface area (Å²) in [7, 11) is 0. The van der Waals surface area contributed by atoms with Gasteiger partial charge in [-0.3, -0.25) is 4.79 Å². The number of carbonyl (C=O) groups is 2. The second-order valence-electron chi connectivity index (χ2n) is 8.71. The first-order chi connectivity index (χ1) is 14.5. The zero-order valence-corrected chi connectivity index (χ0v) is 20.6. The van der Waals surface area contributed by atoms with Crippen LogP contribution in [0.25, 0.3) is 0 Å². The Hall–Kier alpha value is -2.12. The third-order valence-corrected chi connectivity index (χ3v) is 6.14. The van der Waals surface area contributed by atoms with Crippen molar-refractivity contribution in [3.8, 4) is 0 Å². The molecule has 0 spiro atoms. The number of hydrogen-bond acceptors (Lipinski definition) is 4. The number of nitrogens with zero attached hydrogens (tertiary/aromatic N) is 1. The number of carbonyl (C=O) groups excluding carboxylic acids is 2. The molecule has 0 fully saturated rings. The summed E-state index contributed by atoms with van der Waals surface area (Å²) < 4.78 is 5.54. The van der Waals surface area contributed by atoms with Gasteiger partial charge in [-0.15, -0.1) is 11.6 Å². The van der Waals surface area contributed by atoms with Crippen LogP contribution < -0.4 is 10.6 Å².